The quantitative estimate of drug-likeness (QED) is 0.581. The van der Waals surface area contributed by atoms with E-state index in [-0.39, 0.29) is 0 Å². The van der Waals surface area contributed by atoms with Crippen molar-refractivity contribution >= 4 is 22.4 Å². The minimum atomic E-state index is 0.479. The second-order valence-electron chi connectivity index (χ2n) is 5.98. The van der Waals surface area contributed by atoms with E-state index < -0.39 is 0 Å². The number of para-hydroxylation sites is 2. The van der Waals surface area contributed by atoms with Crippen molar-refractivity contribution in [3.8, 4) is 11.5 Å². The molecule has 1 aliphatic heterocycles. The smallest absolute Gasteiger partial charge is 0.149 e. The molecule has 2 bridgehead atoms. The molecule has 138 valence electrons. The molecule has 28 heavy (non-hydrogen) atoms. The van der Waals surface area contributed by atoms with Crippen LogP contribution in [0.15, 0.2) is 97.6 Å². The molecule has 2 aromatic carbocycles. The van der Waals surface area contributed by atoms with E-state index in [0.29, 0.717) is 18.2 Å². The first-order valence-electron chi connectivity index (χ1n) is 8.95. The number of fused-ring (bicyclic) bond motifs is 2. The van der Waals surface area contributed by atoms with Crippen LogP contribution in [0.3, 0.4) is 0 Å². The predicted molar refractivity (Wildman–Crippen MR) is 112 cm³/mol. The Labute approximate surface area is 163 Å². The largest absolute Gasteiger partial charge is 0.490 e. The summed E-state index contributed by atoms with van der Waals surface area (Å²) in [6, 6.07) is 13.5. The van der Waals surface area contributed by atoms with Crippen molar-refractivity contribution in [2.24, 2.45) is 0 Å². The van der Waals surface area contributed by atoms with Crippen LogP contribution in [0.4, 0.5) is 11.5 Å². The Bertz CT molecular complexity index is 1080. The van der Waals surface area contributed by atoms with E-state index >= 15 is 0 Å². The Morgan fingerprint density at radius 3 is 2.68 bits per heavy atom. The molecule has 2 heterocycles. The van der Waals surface area contributed by atoms with Crippen LogP contribution < -0.4 is 14.8 Å². The summed E-state index contributed by atoms with van der Waals surface area (Å²) in [6.45, 7) is 0.479. The molecule has 0 spiro atoms. The third-order valence-electron chi connectivity index (χ3n) is 4.06. The van der Waals surface area contributed by atoms with Crippen LogP contribution in [-0.2, 0) is 0 Å². The number of rotatable bonds is 0. The van der Waals surface area contributed by atoms with Crippen molar-refractivity contribution in [1.29, 1.82) is 0 Å². The Kier molecular flexibility index (Phi) is 5.44. The highest BCUT2D eigenvalue weighted by molar-refractivity contribution is 5.92. The first-order chi connectivity index (χ1) is 13.9. The number of allylic oxidation sites excluding steroid dienone is 6. The summed E-state index contributed by atoms with van der Waals surface area (Å²) in [6.07, 6.45) is 16.6. The van der Waals surface area contributed by atoms with Gasteiger partial charge in [0, 0.05) is 5.39 Å². The molecule has 5 nitrogen and oxygen atoms in total. The minimum absolute atomic E-state index is 0.479. The van der Waals surface area contributed by atoms with Gasteiger partial charge in [-0.2, -0.15) is 0 Å². The summed E-state index contributed by atoms with van der Waals surface area (Å²) in [4.78, 5) is 8.76. The van der Waals surface area contributed by atoms with Crippen LogP contribution in [0.5, 0.6) is 11.5 Å². The molecule has 0 fully saturated rings. The average Bonchev–Trinajstić information content (AvgIpc) is 2.73. The van der Waals surface area contributed by atoms with Gasteiger partial charge in [-0.3, -0.25) is 0 Å². The van der Waals surface area contributed by atoms with Gasteiger partial charge in [-0.1, -0.05) is 42.5 Å². The third-order valence-corrected chi connectivity index (χ3v) is 4.06. The van der Waals surface area contributed by atoms with E-state index in [9.17, 15) is 0 Å². The standard InChI is InChI=1S/C23H19N3O2/c1-2-4-8-14-27-18-12-13-20-19(16-18)23(25-17-24-20)26-21-10-6-7-11-22(21)28-15-9-5-3-1/h1-13,15-17H,14H2,(H,24,25,26)/b2-1-,5-3-,8-4-,15-9-. The summed E-state index contributed by atoms with van der Waals surface area (Å²) < 4.78 is 11.6. The molecule has 1 aromatic heterocycles. The molecule has 0 radical (unpaired) electrons. The van der Waals surface area contributed by atoms with Crippen molar-refractivity contribution in [1.82, 2.24) is 9.97 Å². The topological polar surface area (TPSA) is 56.3 Å². The van der Waals surface area contributed by atoms with E-state index in [1.807, 2.05) is 85.0 Å². The van der Waals surface area contributed by atoms with Crippen molar-refractivity contribution in [2.45, 2.75) is 0 Å². The molecule has 0 amide bonds. The fourth-order valence-electron chi connectivity index (χ4n) is 2.72. The lowest BCUT2D eigenvalue weighted by Gasteiger charge is -2.12. The Morgan fingerprint density at radius 1 is 0.857 bits per heavy atom. The van der Waals surface area contributed by atoms with E-state index in [4.69, 9.17) is 9.47 Å². The predicted octanol–water partition coefficient (Wildman–Crippen LogP) is 5.33. The van der Waals surface area contributed by atoms with Crippen LogP contribution in [0.1, 0.15) is 0 Å². The summed E-state index contributed by atoms with van der Waals surface area (Å²) in [7, 11) is 0. The van der Waals surface area contributed by atoms with E-state index in [0.717, 1.165) is 22.3 Å². The van der Waals surface area contributed by atoms with Crippen LogP contribution in [0.25, 0.3) is 10.9 Å². The van der Waals surface area contributed by atoms with Gasteiger partial charge in [-0.25, -0.2) is 9.97 Å². The SMILES string of the molecule is C1=C\C=C/COc2ccc3ncnc(c3c2)Nc2ccccc2O/C=C\C=C/1. The number of anilines is 2. The number of hydrogen-bond acceptors (Lipinski definition) is 5. The maximum absolute atomic E-state index is 5.82. The van der Waals surface area contributed by atoms with Crippen molar-refractivity contribution < 1.29 is 9.47 Å². The van der Waals surface area contributed by atoms with Gasteiger partial charge in [-0.05, 0) is 42.5 Å². The number of hydrogen-bond donors (Lipinski definition) is 1. The lowest BCUT2D eigenvalue weighted by atomic mass is 10.2. The highest BCUT2D eigenvalue weighted by Gasteiger charge is 2.09. The fourth-order valence-corrected chi connectivity index (χ4v) is 2.72. The molecular weight excluding hydrogens is 350 g/mol. The fraction of sp³-hybridized carbons (Fsp3) is 0.0435. The normalized spacial score (nSPS) is 18.4. The zero-order valence-electron chi connectivity index (χ0n) is 15.2. The summed E-state index contributed by atoms with van der Waals surface area (Å²) in [5, 5.41) is 4.23. The minimum Gasteiger partial charge on any atom is -0.490 e. The Hall–Kier alpha value is -3.86. The van der Waals surface area contributed by atoms with Gasteiger partial charge in [0.15, 0.2) is 0 Å². The molecule has 3 aromatic rings. The van der Waals surface area contributed by atoms with Gasteiger partial charge in [0.1, 0.15) is 30.3 Å². The van der Waals surface area contributed by atoms with Crippen LogP contribution in [0.2, 0.25) is 0 Å². The first-order valence-corrected chi connectivity index (χ1v) is 8.95. The molecule has 0 aliphatic carbocycles. The molecule has 0 saturated carbocycles. The van der Waals surface area contributed by atoms with Crippen LogP contribution in [-0.4, -0.2) is 16.6 Å². The van der Waals surface area contributed by atoms with Crippen LogP contribution >= 0.6 is 0 Å². The summed E-state index contributed by atoms with van der Waals surface area (Å²) in [5.41, 5.74) is 1.65. The lowest BCUT2D eigenvalue weighted by Crippen LogP contribution is -1.99. The summed E-state index contributed by atoms with van der Waals surface area (Å²) >= 11 is 0. The summed E-state index contributed by atoms with van der Waals surface area (Å²) in [5.74, 6) is 2.15. The van der Waals surface area contributed by atoms with Gasteiger partial charge in [0.25, 0.3) is 0 Å². The number of ether oxygens (including phenoxy) is 2. The van der Waals surface area contributed by atoms with E-state index in [1.54, 1.807) is 12.6 Å². The maximum Gasteiger partial charge on any atom is 0.149 e. The lowest BCUT2D eigenvalue weighted by molar-refractivity contribution is 0.363. The highest BCUT2D eigenvalue weighted by atomic mass is 16.5. The molecule has 4 rings (SSSR count). The maximum atomic E-state index is 5.82. The molecule has 0 unspecified atom stereocenters. The van der Waals surface area contributed by atoms with Crippen molar-refractivity contribution in [3.63, 3.8) is 0 Å². The van der Waals surface area contributed by atoms with Crippen molar-refractivity contribution in [2.75, 3.05) is 11.9 Å². The Balaban J connectivity index is 1.75. The van der Waals surface area contributed by atoms with Gasteiger partial charge in [-0.15, -0.1) is 0 Å². The monoisotopic (exact) mass is 369 g/mol. The molecule has 1 aliphatic rings. The molecule has 1 N–H and O–H groups in total. The molecular formula is C23H19N3O2. The zero-order valence-corrected chi connectivity index (χ0v) is 15.2. The van der Waals surface area contributed by atoms with Gasteiger partial charge in [0.05, 0.1) is 17.5 Å². The van der Waals surface area contributed by atoms with Gasteiger partial charge >= 0.3 is 0 Å². The highest BCUT2D eigenvalue weighted by Crippen LogP contribution is 2.31. The molecule has 5 heteroatoms. The number of nitrogens with one attached hydrogen (secondary N) is 1. The van der Waals surface area contributed by atoms with Gasteiger partial charge in [0.2, 0.25) is 0 Å². The zero-order chi connectivity index (χ0) is 19.0. The molecule has 0 saturated heterocycles. The van der Waals surface area contributed by atoms with E-state index in [1.165, 1.54) is 0 Å². The van der Waals surface area contributed by atoms with Crippen molar-refractivity contribution in [3.05, 3.63) is 97.6 Å². The second kappa shape index (κ2) is 8.68. The molecule has 0 atom stereocenters. The van der Waals surface area contributed by atoms with E-state index in [2.05, 4.69) is 15.3 Å². The number of benzene rings is 2. The number of aromatic nitrogens is 2. The average molecular weight is 369 g/mol. The Morgan fingerprint density at radius 2 is 1.71 bits per heavy atom. The number of nitrogens with zero attached hydrogens (tertiary/aromatic N) is 2. The van der Waals surface area contributed by atoms with Crippen LogP contribution in [0, 0.1) is 0 Å². The van der Waals surface area contributed by atoms with Gasteiger partial charge < -0.3 is 14.8 Å². The first kappa shape index (κ1) is 17.5. The second-order valence-corrected chi connectivity index (χ2v) is 5.98. The third kappa shape index (κ3) is 4.27.